The Morgan fingerprint density at radius 1 is 1.44 bits per heavy atom. The number of H-pyrrole nitrogens is 1. The van der Waals surface area contributed by atoms with Gasteiger partial charge in [0.1, 0.15) is 10.6 Å². The minimum Gasteiger partial charge on any atom is -0.495 e. The summed E-state index contributed by atoms with van der Waals surface area (Å²) in [5.41, 5.74) is 1.53. The van der Waals surface area contributed by atoms with E-state index in [1.165, 1.54) is 11.3 Å². The number of nitrogens with zero attached hydrogens (tertiary/aromatic N) is 1. The van der Waals surface area contributed by atoms with Crippen LogP contribution in [0.3, 0.4) is 0 Å². The molecule has 0 aliphatic rings. The van der Waals surface area contributed by atoms with Crippen LogP contribution in [0.25, 0.3) is 10.9 Å². The SMILES string of the molecule is COc1ccsc1C(=O)c1c[nH]c2ccncc12. The Bertz CT molecular complexity index is 714. The number of aromatic nitrogens is 2. The van der Waals surface area contributed by atoms with Gasteiger partial charge in [-0.25, -0.2) is 0 Å². The quantitative estimate of drug-likeness (QED) is 0.735. The topological polar surface area (TPSA) is 55.0 Å². The van der Waals surface area contributed by atoms with Crippen molar-refractivity contribution in [2.45, 2.75) is 0 Å². The van der Waals surface area contributed by atoms with E-state index in [1.807, 2.05) is 11.4 Å². The van der Waals surface area contributed by atoms with Crippen molar-refractivity contribution in [1.29, 1.82) is 0 Å². The number of carbonyl (C=O) groups excluding carboxylic acids is 1. The summed E-state index contributed by atoms with van der Waals surface area (Å²) in [6.07, 6.45) is 5.10. The van der Waals surface area contributed by atoms with Crippen molar-refractivity contribution >= 4 is 28.0 Å². The van der Waals surface area contributed by atoms with Gasteiger partial charge in [0, 0.05) is 29.5 Å². The molecule has 90 valence electrons. The molecule has 0 fully saturated rings. The second-order valence-corrected chi connectivity index (χ2v) is 4.69. The van der Waals surface area contributed by atoms with E-state index in [4.69, 9.17) is 4.74 Å². The lowest BCUT2D eigenvalue weighted by Gasteiger charge is -2.00. The molecule has 0 saturated heterocycles. The van der Waals surface area contributed by atoms with Gasteiger partial charge in [-0.1, -0.05) is 0 Å². The molecule has 0 bridgehead atoms. The van der Waals surface area contributed by atoms with Crippen molar-refractivity contribution in [1.82, 2.24) is 9.97 Å². The summed E-state index contributed by atoms with van der Waals surface area (Å²) < 4.78 is 5.18. The van der Waals surface area contributed by atoms with Crippen LogP contribution in [0.2, 0.25) is 0 Å². The Morgan fingerprint density at radius 2 is 2.33 bits per heavy atom. The highest BCUT2D eigenvalue weighted by molar-refractivity contribution is 7.12. The van der Waals surface area contributed by atoms with E-state index in [2.05, 4.69) is 9.97 Å². The average Bonchev–Trinajstić information content (AvgIpc) is 3.04. The maximum absolute atomic E-state index is 12.4. The monoisotopic (exact) mass is 258 g/mol. The molecule has 4 nitrogen and oxygen atoms in total. The molecule has 0 unspecified atom stereocenters. The molecule has 5 heteroatoms. The molecule has 0 radical (unpaired) electrons. The van der Waals surface area contributed by atoms with E-state index in [0.717, 1.165) is 10.9 Å². The van der Waals surface area contributed by atoms with Crippen molar-refractivity contribution in [2.75, 3.05) is 7.11 Å². The number of rotatable bonds is 3. The number of aromatic amines is 1. The molecule has 0 aromatic carbocycles. The van der Waals surface area contributed by atoms with E-state index in [0.29, 0.717) is 16.2 Å². The molecule has 0 aliphatic heterocycles. The number of methoxy groups -OCH3 is 1. The molecule has 3 rings (SSSR count). The Labute approximate surface area is 107 Å². The smallest absolute Gasteiger partial charge is 0.208 e. The van der Waals surface area contributed by atoms with E-state index in [-0.39, 0.29) is 5.78 Å². The molecule has 0 atom stereocenters. The molecule has 18 heavy (non-hydrogen) atoms. The molecular weight excluding hydrogens is 248 g/mol. The first kappa shape index (κ1) is 11.0. The van der Waals surface area contributed by atoms with Gasteiger partial charge in [-0.05, 0) is 17.5 Å². The standard InChI is InChI=1S/C13H10N2O2S/c1-17-11-3-5-18-13(11)12(16)9-7-15-10-2-4-14-6-8(9)10/h2-7,15H,1H3. The van der Waals surface area contributed by atoms with Crippen LogP contribution in [0.4, 0.5) is 0 Å². The fourth-order valence-corrected chi connectivity index (χ4v) is 2.71. The van der Waals surface area contributed by atoms with Gasteiger partial charge < -0.3 is 9.72 Å². The second kappa shape index (κ2) is 4.27. The first-order valence-corrected chi connectivity index (χ1v) is 6.26. The van der Waals surface area contributed by atoms with Gasteiger partial charge in [0.15, 0.2) is 0 Å². The third-order valence-corrected chi connectivity index (χ3v) is 3.68. The van der Waals surface area contributed by atoms with Crippen molar-refractivity contribution in [3.05, 3.63) is 46.5 Å². The summed E-state index contributed by atoms with van der Waals surface area (Å²) in [6, 6.07) is 3.64. The summed E-state index contributed by atoms with van der Waals surface area (Å²) in [6.45, 7) is 0. The summed E-state index contributed by atoms with van der Waals surface area (Å²) in [7, 11) is 1.57. The second-order valence-electron chi connectivity index (χ2n) is 3.77. The summed E-state index contributed by atoms with van der Waals surface area (Å²) in [5.74, 6) is 0.573. The minimum atomic E-state index is -0.0406. The number of carbonyl (C=O) groups is 1. The van der Waals surface area contributed by atoms with Gasteiger partial charge in [0.2, 0.25) is 5.78 Å². The zero-order valence-corrected chi connectivity index (χ0v) is 10.5. The van der Waals surface area contributed by atoms with Crippen molar-refractivity contribution in [3.8, 4) is 5.75 Å². The van der Waals surface area contributed by atoms with Crippen LogP contribution in [0, 0.1) is 0 Å². The Hall–Kier alpha value is -2.14. The fourth-order valence-electron chi connectivity index (χ4n) is 1.90. The molecular formula is C13H10N2O2S. The molecule has 0 amide bonds. The van der Waals surface area contributed by atoms with Crippen LogP contribution in [0.1, 0.15) is 15.2 Å². The van der Waals surface area contributed by atoms with Crippen LogP contribution >= 0.6 is 11.3 Å². The minimum absolute atomic E-state index is 0.0406. The number of thiophene rings is 1. The van der Waals surface area contributed by atoms with Crippen molar-refractivity contribution < 1.29 is 9.53 Å². The van der Waals surface area contributed by atoms with E-state index in [9.17, 15) is 4.79 Å². The average molecular weight is 258 g/mol. The van der Waals surface area contributed by atoms with Crippen molar-refractivity contribution in [2.24, 2.45) is 0 Å². The van der Waals surface area contributed by atoms with E-state index in [1.54, 1.807) is 31.8 Å². The number of fused-ring (bicyclic) bond motifs is 1. The zero-order chi connectivity index (χ0) is 12.5. The van der Waals surface area contributed by atoms with Gasteiger partial charge in [-0.15, -0.1) is 11.3 Å². The third-order valence-electron chi connectivity index (χ3n) is 2.78. The maximum Gasteiger partial charge on any atom is 0.208 e. The first-order chi connectivity index (χ1) is 8.81. The van der Waals surface area contributed by atoms with Crippen LogP contribution in [0.15, 0.2) is 36.1 Å². The first-order valence-electron chi connectivity index (χ1n) is 5.38. The van der Waals surface area contributed by atoms with Gasteiger partial charge in [-0.2, -0.15) is 0 Å². The highest BCUT2D eigenvalue weighted by atomic mass is 32.1. The molecule has 3 aromatic heterocycles. The lowest BCUT2D eigenvalue weighted by Crippen LogP contribution is -1.99. The Kier molecular flexibility index (Phi) is 2.60. The lowest BCUT2D eigenvalue weighted by atomic mass is 10.1. The number of ketones is 1. The van der Waals surface area contributed by atoms with Gasteiger partial charge in [0.05, 0.1) is 12.7 Å². The number of ether oxygens (including phenoxy) is 1. The normalized spacial score (nSPS) is 10.7. The number of nitrogens with one attached hydrogen (secondary N) is 1. The number of pyridine rings is 1. The van der Waals surface area contributed by atoms with Gasteiger partial charge in [-0.3, -0.25) is 9.78 Å². The van der Waals surface area contributed by atoms with Crippen LogP contribution < -0.4 is 4.74 Å². The van der Waals surface area contributed by atoms with Crippen molar-refractivity contribution in [3.63, 3.8) is 0 Å². The van der Waals surface area contributed by atoms with E-state index >= 15 is 0 Å². The van der Waals surface area contributed by atoms with Gasteiger partial charge in [0.25, 0.3) is 0 Å². The highest BCUT2D eigenvalue weighted by Gasteiger charge is 2.19. The number of hydrogen-bond donors (Lipinski definition) is 1. The Balaban J connectivity index is 2.13. The maximum atomic E-state index is 12.4. The van der Waals surface area contributed by atoms with Crippen LogP contribution in [0.5, 0.6) is 5.75 Å². The molecule has 0 spiro atoms. The summed E-state index contributed by atoms with van der Waals surface area (Å²) >= 11 is 1.38. The molecule has 0 saturated carbocycles. The van der Waals surface area contributed by atoms with Gasteiger partial charge >= 0.3 is 0 Å². The van der Waals surface area contributed by atoms with E-state index < -0.39 is 0 Å². The molecule has 0 aliphatic carbocycles. The third kappa shape index (κ3) is 1.60. The molecule has 3 aromatic rings. The number of hydrogen-bond acceptors (Lipinski definition) is 4. The summed E-state index contributed by atoms with van der Waals surface area (Å²) in [5, 5.41) is 2.68. The lowest BCUT2D eigenvalue weighted by molar-refractivity contribution is 0.104. The molecule has 3 heterocycles. The largest absolute Gasteiger partial charge is 0.495 e. The van der Waals surface area contributed by atoms with Crippen LogP contribution in [-0.4, -0.2) is 22.9 Å². The fraction of sp³-hybridized carbons (Fsp3) is 0.0769. The molecule has 1 N–H and O–H groups in total. The summed E-state index contributed by atoms with van der Waals surface area (Å²) in [4.78, 5) is 20.2. The zero-order valence-electron chi connectivity index (χ0n) is 9.64. The predicted molar refractivity (Wildman–Crippen MR) is 70.4 cm³/mol. The Morgan fingerprint density at radius 3 is 3.17 bits per heavy atom. The highest BCUT2D eigenvalue weighted by Crippen LogP contribution is 2.29. The predicted octanol–water partition coefficient (Wildman–Crippen LogP) is 2.86. The van der Waals surface area contributed by atoms with Crippen LogP contribution in [-0.2, 0) is 0 Å².